The van der Waals surface area contributed by atoms with Crippen LogP contribution >= 0.6 is 23.2 Å². The van der Waals surface area contributed by atoms with E-state index in [1.807, 2.05) is 38.1 Å². The molecule has 2 rings (SSSR count). The summed E-state index contributed by atoms with van der Waals surface area (Å²) >= 11 is 12.4. The molecule has 1 atom stereocenters. The molecule has 0 aliphatic rings. The van der Waals surface area contributed by atoms with Crippen molar-refractivity contribution >= 4 is 35.0 Å². The molecule has 0 aromatic heterocycles. The molecule has 2 amide bonds. The van der Waals surface area contributed by atoms with Gasteiger partial charge in [0.1, 0.15) is 11.8 Å². The Balaban J connectivity index is 2.29. The number of nitrogens with zero attached hydrogens (tertiary/aromatic N) is 1. The van der Waals surface area contributed by atoms with E-state index >= 15 is 0 Å². The molecule has 5 nitrogen and oxygen atoms in total. The van der Waals surface area contributed by atoms with Crippen LogP contribution in [0.4, 0.5) is 0 Å². The molecule has 0 saturated heterocycles. The largest absolute Gasteiger partial charge is 0.497 e. The molecule has 2 aromatic rings. The van der Waals surface area contributed by atoms with Crippen LogP contribution < -0.4 is 10.1 Å². The van der Waals surface area contributed by atoms with Gasteiger partial charge in [0.25, 0.3) is 0 Å². The van der Waals surface area contributed by atoms with Crippen LogP contribution in [0.25, 0.3) is 0 Å². The van der Waals surface area contributed by atoms with Crippen molar-refractivity contribution in [2.75, 3.05) is 13.7 Å². The molecule has 0 unspecified atom stereocenters. The Kier molecular flexibility index (Phi) is 9.47. The van der Waals surface area contributed by atoms with Crippen LogP contribution in [0, 0.1) is 0 Å². The number of rotatable bonds is 10. The maximum atomic E-state index is 13.3. The molecule has 1 N–H and O–H groups in total. The van der Waals surface area contributed by atoms with E-state index in [1.54, 1.807) is 30.2 Å². The van der Waals surface area contributed by atoms with Gasteiger partial charge < -0.3 is 15.0 Å². The van der Waals surface area contributed by atoms with Gasteiger partial charge in [-0.15, -0.1) is 0 Å². The predicted octanol–water partition coefficient (Wildman–Crippen LogP) is 4.88. The monoisotopic (exact) mass is 450 g/mol. The van der Waals surface area contributed by atoms with Crippen molar-refractivity contribution in [3.8, 4) is 5.75 Å². The Morgan fingerprint density at radius 2 is 1.80 bits per heavy atom. The van der Waals surface area contributed by atoms with Gasteiger partial charge in [-0.2, -0.15) is 0 Å². The van der Waals surface area contributed by atoms with Gasteiger partial charge in [0.2, 0.25) is 11.8 Å². The second-order valence-corrected chi connectivity index (χ2v) is 7.84. The van der Waals surface area contributed by atoms with Crippen molar-refractivity contribution in [2.45, 2.75) is 45.7 Å². The van der Waals surface area contributed by atoms with E-state index in [0.29, 0.717) is 23.0 Å². The number of carbonyl (C=O) groups excluding carboxylic acids is 2. The molecule has 0 spiro atoms. The Hall–Kier alpha value is -2.24. The van der Waals surface area contributed by atoms with Crippen LogP contribution in [-0.2, 0) is 22.6 Å². The van der Waals surface area contributed by atoms with Crippen molar-refractivity contribution in [3.05, 3.63) is 63.6 Å². The Bertz CT molecular complexity index is 856. The molecule has 0 fully saturated rings. The van der Waals surface area contributed by atoms with Gasteiger partial charge in [-0.25, -0.2) is 0 Å². The molecular weight excluding hydrogens is 423 g/mol. The Morgan fingerprint density at radius 1 is 1.10 bits per heavy atom. The fourth-order valence-corrected chi connectivity index (χ4v) is 3.61. The molecule has 0 saturated carbocycles. The third kappa shape index (κ3) is 6.64. The second kappa shape index (κ2) is 11.8. The lowest BCUT2D eigenvalue weighted by atomic mass is 10.1. The summed E-state index contributed by atoms with van der Waals surface area (Å²) < 4.78 is 5.17. The van der Waals surface area contributed by atoms with Crippen LogP contribution in [-0.4, -0.2) is 36.4 Å². The maximum Gasteiger partial charge on any atom is 0.242 e. The summed E-state index contributed by atoms with van der Waals surface area (Å²) in [5.41, 5.74) is 1.59. The van der Waals surface area contributed by atoms with Crippen LogP contribution in [0.1, 0.15) is 37.8 Å². The Labute approximate surface area is 188 Å². The number of halogens is 2. The summed E-state index contributed by atoms with van der Waals surface area (Å²) in [4.78, 5) is 27.6. The van der Waals surface area contributed by atoms with Gasteiger partial charge >= 0.3 is 0 Å². The molecule has 0 bridgehead atoms. The first-order valence-electron chi connectivity index (χ1n) is 10.0. The van der Waals surface area contributed by atoms with E-state index in [4.69, 9.17) is 27.9 Å². The predicted molar refractivity (Wildman–Crippen MR) is 121 cm³/mol. The molecule has 30 heavy (non-hydrogen) atoms. The van der Waals surface area contributed by atoms with Crippen molar-refractivity contribution < 1.29 is 14.3 Å². The lowest BCUT2D eigenvalue weighted by molar-refractivity contribution is -0.140. The van der Waals surface area contributed by atoms with Gasteiger partial charge in [-0.3, -0.25) is 9.59 Å². The third-order valence-corrected chi connectivity index (χ3v) is 5.39. The zero-order valence-corrected chi connectivity index (χ0v) is 19.1. The number of amides is 2. The highest BCUT2D eigenvalue weighted by molar-refractivity contribution is 6.35. The number of methoxy groups -OCH3 is 1. The third-order valence-electron chi connectivity index (χ3n) is 4.81. The first-order chi connectivity index (χ1) is 14.4. The van der Waals surface area contributed by atoms with E-state index in [0.717, 1.165) is 23.3 Å². The number of hydrogen-bond acceptors (Lipinski definition) is 3. The molecule has 0 heterocycles. The SMILES string of the molecule is CCCNC(=O)[C@@H](CC)N(Cc1ccc(Cl)cc1Cl)C(=O)Cc1ccc(OC)cc1. The minimum Gasteiger partial charge on any atom is -0.497 e. The summed E-state index contributed by atoms with van der Waals surface area (Å²) in [6.45, 7) is 4.68. The molecule has 0 aliphatic carbocycles. The summed E-state index contributed by atoms with van der Waals surface area (Å²) in [5.74, 6) is 0.415. The number of hydrogen-bond donors (Lipinski definition) is 1. The lowest BCUT2D eigenvalue weighted by Crippen LogP contribution is -2.49. The van der Waals surface area contributed by atoms with Crippen molar-refractivity contribution in [2.24, 2.45) is 0 Å². The summed E-state index contributed by atoms with van der Waals surface area (Å²) in [6.07, 6.45) is 1.49. The van der Waals surface area contributed by atoms with E-state index in [2.05, 4.69) is 5.32 Å². The van der Waals surface area contributed by atoms with E-state index in [-0.39, 0.29) is 24.8 Å². The van der Waals surface area contributed by atoms with Crippen LogP contribution in [0.15, 0.2) is 42.5 Å². The van der Waals surface area contributed by atoms with Crippen LogP contribution in [0.2, 0.25) is 10.0 Å². The molecule has 2 aromatic carbocycles. The van der Waals surface area contributed by atoms with Crippen molar-refractivity contribution in [3.63, 3.8) is 0 Å². The average Bonchev–Trinajstić information content (AvgIpc) is 2.74. The molecular formula is C23H28Cl2N2O3. The minimum atomic E-state index is -0.589. The highest BCUT2D eigenvalue weighted by atomic mass is 35.5. The number of benzene rings is 2. The summed E-state index contributed by atoms with van der Waals surface area (Å²) in [5, 5.41) is 3.89. The van der Waals surface area contributed by atoms with Crippen molar-refractivity contribution in [1.29, 1.82) is 0 Å². The van der Waals surface area contributed by atoms with Crippen molar-refractivity contribution in [1.82, 2.24) is 10.2 Å². The van der Waals surface area contributed by atoms with Gasteiger partial charge in [0, 0.05) is 23.1 Å². The topological polar surface area (TPSA) is 58.6 Å². The normalized spacial score (nSPS) is 11.6. The second-order valence-electron chi connectivity index (χ2n) is 7.00. The highest BCUT2D eigenvalue weighted by Crippen LogP contribution is 2.24. The fourth-order valence-electron chi connectivity index (χ4n) is 3.14. The smallest absolute Gasteiger partial charge is 0.242 e. The van der Waals surface area contributed by atoms with E-state index in [1.165, 1.54) is 0 Å². The average molecular weight is 451 g/mol. The first kappa shape index (κ1) is 24.0. The number of ether oxygens (including phenoxy) is 1. The minimum absolute atomic E-state index is 0.148. The van der Waals surface area contributed by atoms with Gasteiger partial charge in [0.05, 0.1) is 13.5 Å². The van der Waals surface area contributed by atoms with Gasteiger partial charge in [-0.1, -0.05) is 55.2 Å². The standard InChI is InChI=1S/C23H28Cl2N2O3/c1-4-12-26-23(29)21(5-2)27(15-17-8-9-18(24)14-20(17)25)22(28)13-16-6-10-19(30-3)11-7-16/h6-11,14,21H,4-5,12-13,15H2,1-3H3,(H,26,29)/t21-/m1/s1. The maximum absolute atomic E-state index is 13.3. The zero-order chi connectivity index (χ0) is 22.1. The van der Waals surface area contributed by atoms with Gasteiger partial charge in [0.15, 0.2) is 0 Å². The number of carbonyl (C=O) groups is 2. The summed E-state index contributed by atoms with van der Waals surface area (Å²) in [7, 11) is 1.60. The summed E-state index contributed by atoms with van der Waals surface area (Å²) in [6, 6.07) is 11.9. The van der Waals surface area contributed by atoms with Crippen LogP contribution in [0.3, 0.4) is 0 Å². The van der Waals surface area contributed by atoms with E-state index in [9.17, 15) is 9.59 Å². The lowest BCUT2D eigenvalue weighted by Gasteiger charge is -2.31. The molecule has 0 aliphatic heterocycles. The van der Waals surface area contributed by atoms with Crippen LogP contribution in [0.5, 0.6) is 5.75 Å². The quantitative estimate of drug-likeness (QED) is 0.560. The van der Waals surface area contributed by atoms with E-state index < -0.39 is 6.04 Å². The molecule has 162 valence electrons. The van der Waals surface area contributed by atoms with Gasteiger partial charge in [-0.05, 0) is 48.2 Å². The Morgan fingerprint density at radius 3 is 2.37 bits per heavy atom. The fraction of sp³-hybridized carbons (Fsp3) is 0.391. The number of nitrogens with one attached hydrogen (secondary N) is 1. The molecule has 7 heteroatoms. The first-order valence-corrected chi connectivity index (χ1v) is 10.8. The highest BCUT2D eigenvalue weighted by Gasteiger charge is 2.29. The zero-order valence-electron chi connectivity index (χ0n) is 17.6. The molecule has 0 radical (unpaired) electrons.